The lowest BCUT2D eigenvalue weighted by Gasteiger charge is -2.42. The third-order valence-corrected chi connectivity index (χ3v) is 6.75. The lowest BCUT2D eigenvalue weighted by Crippen LogP contribution is -2.52. The molecular weight excluding hydrogens is 340 g/mol. The van der Waals surface area contributed by atoms with Crippen molar-refractivity contribution in [1.82, 2.24) is 9.80 Å². The maximum atomic E-state index is 13.2. The lowest BCUT2D eigenvalue weighted by atomic mass is 9.77. The van der Waals surface area contributed by atoms with Crippen molar-refractivity contribution in [2.45, 2.75) is 44.9 Å². The van der Waals surface area contributed by atoms with E-state index >= 15 is 0 Å². The highest BCUT2D eigenvalue weighted by atomic mass is 16.5. The van der Waals surface area contributed by atoms with Crippen LogP contribution in [0.5, 0.6) is 5.75 Å². The number of likely N-dealkylation sites (tertiary alicyclic amines) is 2. The van der Waals surface area contributed by atoms with Crippen molar-refractivity contribution in [2.75, 3.05) is 33.3 Å². The van der Waals surface area contributed by atoms with Crippen molar-refractivity contribution in [3.63, 3.8) is 0 Å². The Bertz CT molecular complexity index is 698. The van der Waals surface area contributed by atoms with Crippen molar-refractivity contribution in [1.29, 1.82) is 0 Å². The van der Waals surface area contributed by atoms with Crippen LogP contribution >= 0.6 is 0 Å². The summed E-state index contributed by atoms with van der Waals surface area (Å²) in [4.78, 5) is 30.0. The summed E-state index contributed by atoms with van der Waals surface area (Å²) in [5.41, 5.74) is 0.667. The van der Waals surface area contributed by atoms with Crippen molar-refractivity contribution in [3.05, 3.63) is 29.8 Å². The zero-order chi connectivity index (χ0) is 18.9. The molecule has 0 aromatic heterocycles. The number of piperidine rings is 1. The van der Waals surface area contributed by atoms with Crippen molar-refractivity contribution in [3.8, 4) is 5.75 Å². The Balaban J connectivity index is 1.37. The maximum absolute atomic E-state index is 13.2. The van der Waals surface area contributed by atoms with Gasteiger partial charge in [0.15, 0.2) is 0 Å². The number of carbonyl (C=O) groups is 2. The number of methoxy groups -OCH3 is 1. The Morgan fingerprint density at radius 3 is 2.59 bits per heavy atom. The monoisotopic (exact) mass is 370 g/mol. The first-order valence-electron chi connectivity index (χ1n) is 10.3. The second-order valence-corrected chi connectivity index (χ2v) is 8.52. The van der Waals surface area contributed by atoms with Crippen LogP contribution in [0, 0.1) is 11.3 Å². The van der Waals surface area contributed by atoms with Gasteiger partial charge in [-0.15, -0.1) is 0 Å². The van der Waals surface area contributed by atoms with Crippen molar-refractivity contribution >= 4 is 11.8 Å². The van der Waals surface area contributed by atoms with Crippen LogP contribution in [0.1, 0.15) is 44.1 Å². The number of rotatable bonds is 5. The topological polar surface area (TPSA) is 49.9 Å². The minimum atomic E-state index is -0.322. The van der Waals surface area contributed by atoms with Gasteiger partial charge in [0, 0.05) is 26.2 Å². The molecule has 2 aliphatic heterocycles. The summed E-state index contributed by atoms with van der Waals surface area (Å²) in [6.45, 7) is 3.14. The van der Waals surface area contributed by atoms with E-state index in [1.165, 1.54) is 19.3 Å². The standard InChI is InChI=1S/C22H30N2O3/c1-27-19-8-6-17(7-9-19)14-20(25)24-13-11-22(16-24)10-3-12-23(21(22)26)15-18-4-2-5-18/h6-9,18H,2-5,10-16H2,1H3. The zero-order valence-corrected chi connectivity index (χ0v) is 16.3. The van der Waals surface area contributed by atoms with E-state index in [0.29, 0.717) is 31.3 Å². The van der Waals surface area contributed by atoms with Crippen LogP contribution in [0.2, 0.25) is 0 Å². The summed E-state index contributed by atoms with van der Waals surface area (Å²) in [5.74, 6) is 1.94. The molecule has 1 saturated carbocycles. The van der Waals surface area contributed by atoms with Crippen LogP contribution in [0.15, 0.2) is 24.3 Å². The average molecular weight is 370 g/mol. The van der Waals surface area contributed by atoms with Gasteiger partial charge in [-0.2, -0.15) is 0 Å². The van der Waals surface area contributed by atoms with Gasteiger partial charge in [0.05, 0.1) is 18.9 Å². The fourth-order valence-electron chi connectivity index (χ4n) is 4.81. The molecule has 0 radical (unpaired) electrons. The minimum Gasteiger partial charge on any atom is -0.497 e. The Labute approximate surface area is 161 Å². The molecule has 1 spiro atoms. The average Bonchev–Trinajstić information content (AvgIpc) is 3.07. The highest BCUT2D eigenvalue weighted by Gasteiger charge is 2.49. The Morgan fingerprint density at radius 2 is 1.93 bits per heavy atom. The molecule has 27 heavy (non-hydrogen) atoms. The molecule has 146 valence electrons. The summed E-state index contributed by atoms with van der Waals surface area (Å²) in [6, 6.07) is 7.65. The van der Waals surface area contributed by atoms with Gasteiger partial charge in [-0.1, -0.05) is 18.6 Å². The summed E-state index contributed by atoms with van der Waals surface area (Å²) in [5, 5.41) is 0. The van der Waals surface area contributed by atoms with Crippen LogP contribution in [0.25, 0.3) is 0 Å². The predicted octanol–water partition coefficient (Wildman–Crippen LogP) is 2.88. The molecule has 3 fully saturated rings. The van der Waals surface area contributed by atoms with Gasteiger partial charge in [-0.05, 0) is 55.7 Å². The second kappa shape index (κ2) is 7.53. The van der Waals surface area contributed by atoms with Gasteiger partial charge in [-0.3, -0.25) is 9.59 Å². The summed E-state index contributed by atoms with van der Waals surface area (Å²) in [7, 11) is 1.64. The Hall–Kier alpha value is -2.04. The van der Waals surface area contributed by atoms with Crippen LogP contribution in [0.3, 0.4) is 0 Å². The van der Waals surface area contributed by atoms with Gasteiger partial charge in [-0.25, -0.2) is 0 Å². The van der Waals surface area contributed by atoms with Gasteiger partial charge in [0.1, 0.15) is 5.75 Å². The largest absolute Gasteiger partial charge is 0.497 e. The van der Waals surface area contributed by atoms with E-state index in [1.807, 2.05) is 29.2 Å². The van der Waals surface area contributed by atoms with Crippen LogP contribution < -0.4 is 4.74 Å². The van der Waals surface area contributed by atoms with Gasteiger partial charge in [0.25, 0.3) is 0 Å². The Morgan fingerprint density at radius 1 is 1.15 bits per heavy atom. The molecule has 1 atom stereocenters. The minimum absolute atomic E-state index is 0.126. The molecule has 1 aromatic carbocycles. The quantitative estimate of drug-likeness (QED) is 0.801. The van der Waals surface area contributed by atoms with E-state index < -0.39 is 0 Å². The third-order valence-electron chi connectivity index (χ3n) is 6.75. The summed E-state index contributed by atoms with van der Waals surface area (Å²) < 4.78 is 5.17. The fraction of sp³-hybridized carbons (Fsp3) is 0.636. The normalized spacial score (nSPS) is 25.7. The Kier molecular flexibility index (Phi) is 5.11. The van der Waals surface area contributed by atoms with E-state index in [4.69, 9.17) is 4.74 Å². The number of benzene rings is 1. The van der Waals surface area contributed by atoms with E-state index in [2.05, 4.69) is 4.90 Å². The first-order valence-corrected chi connectivity index (χ1v) is 10.3. The molecule has 5 nitrogen and oxygen atoms in total. The van der Waals surface area contributed by atoms with Gasteiger partial charge in [0.2, 0.25) is 11.8 Å². The SMILES string of the molecule is COc1ccc(CC(=O)N2CCC3(CCCN(CC4CCC4)C3=O)C2)cc1. The van der Waals surface area contributed by atoms with Crippen LogP contribution in [-0.2, 0) is 16.0 Å². The van der Waals surface area contributed by atoms with Gasteiger partial charge < -0.3 is 14.5 Å². The highest BCUT2D eigenvalue weighted by Crippen LogP contribution is 2.41. The molecule has 4 rings (SSSR count). The highest BCUT2D eigenvalue weighted by molar-refractivity contribution is 5.86. The molecule has 3 aliphatic rings. The number of hydrogen-bond donors (Lipinski definition) is 0. The molecule has 1 unspecified atom stereocenters. The summed E-state index contributed by atoms with van der Waals surface area (Å²) >= 11 is 0. The third kappa shape index (κ3) is 3.69. The molecule has 0 bridgehead atoms. The van der Waals surface area contributed by atoms with Gasteiger partial charge >= 0.3 is 0 Å². The van der Waals surface area contributed by atoms with Crippen LogP contribution in [0.4, 0.5) is 0 Å². The van der Waals surface area contributed by atoms with E-state index in [9.17, 15) is 9.59 Å². The van der Waals surface area contributed by atoms with E-state index in [-0.39, 0.29) is 11.3 Å². The smallest absolute Gasteiger partial charge is 0.230 e. The van der Waals surface area contributed by atoms with Crippen molar-refractivity contribution < 1.29 is 14.3 Å². The second-order valence-electron chi connectivity index (χ2n) is 8.52. The molecule has 2 amide bonds. The zero-order valence-electron chi connectivity index (χ0n) is 16.3. The molecular formula is C22H30N2O3. The van der Waals surface area contributed by atoms with Crippen LogP contribution in [-0.4, -0.2) is 54.9 Å². The van der Waals surface area contributed by atoms with E-state index in [0.717, 1.165) is 43.7 Å². The molecule has 2 saturated heterocycles. The first kappa shape index (κ1) is 18.3. The molecule has 1 aliphatic carbocycles. The molecule has 0 N–H and O–H groups in total. The van der Waals surface area contributed by atoms with Crippen molar-refractivity contribution in [2.24, 2.45) is 11.3 Å². The predicted molar refractivity (Wildman–Crippen MR) is 103 cm³/mol. The number of nitrogens with zero attached hydrogens (tertiary/aromatic N) is 2. The number of carbonyl (C=O) groups excluding carboxylic acids is 2. The first-order chi connectivity index (χ1) is 13.1. The lowest BCUT2D eigenvalue weighted by molar-refractivity contribution is -0.147. The van der Waals surface area contributed by atoms with E-state index in [1.54, 1.807) is 7.11 Å². The number of ether oxygens (including phenoxy) is 1. The number of hydrogen-bond acceptors (Lipinski definition) is 3. The summed E-state index contributed by atoms with van der Waals surface area (Å²) in [6.07, 6.45) is 7.05. The molecule has 1 aromatic rings. The molecule has 2 heterocycles. The maximum Gasteiger partial charge on any atom is 0.230 e. The molecule has 5 heteroatoms. The fourth-order valence-corrected chi connectivity index (χ4v) is 4.81. The number of amides is 2.